The highest BCUT2D eigenvalue weighted by atomic mass is 79.9. The van der Waals surface area contributed by atoms with E-state index in [0.717, 1.165) is 21.4 Å². The van der Waals surface area contributed by atoms with Crippen LogP contribution in [0, 0.1) is 13.8 Å². The van der Waals surface area contributed by atoms with Crippen LogP contribution in [0.3, 0.4) is 0 Å². The Morgan fingerprint density at radius 3 is 2.70 bits per heavy atom. The summed E-state index contributed by atoms with van der Waals surface area (Å²) in [5, 5.41) is 12.0. The van der Waals surface area contributed by atoms with E-state index in [1.54, 1.807) is 6.07 Å². The average Bonchev–Trinajstić information content (AvgIpc) is 2.39. The quantitative estimate of drug-likeness (QED) is 0.801. The monoisotopic (exact) mass is 370 g/mol. The zero-order chi connectivity index (χ0) is 14.9. The van der Waals surface area contributed by atoms with Gasteiger partial charge in [-0.15, -0.1) is 5.10 Å². The van der Waals surface area contributed by atoms with Crippen molar-refractivity contribution in [3.05, 3.63) is 44.5 Å². The fourth-order valence-electron chi connectivity index (χ4n) is 1.73. The number of benzene rings is 1. The Hall–Kier alpha value is -1.24. The molecule has 1 heterocycles. The summed E-state index contributed by atoms with van der Waals surface area (Å²) in [7, 11) is 0. The van der Waals surface area contributed by atoms with Crippen LogP contribution in [0.15, 0.2) is 22.7 Å². The Labute approximate surface area is 135 Å². The molecule has 1 aromatic carbocycles. The molecule has 0 amide bonds. The predicted molar refractivity (Wildman–Crippen MR) is 89.8 cm³/mol. The maximum atomic E-state index is 6.07. The van der Waals surface area contributed by atoms with Gasteiger partial charge in [-0.2, -0.15) is 5.10 Å². The predicted octanol–water partition coefficient (Wildman–Crippen LogP) is 3.89. The lowest BCUT2D eigenvalue weighted by molar-refractivity contribution is 0.963. The van der Waals surface area contributed by atoms with Crippen LogP contribution in [0.5, 0.6) is 0 Å². The van der Waals surface area contributed by atoms with E-state index in [1.165, 1.54) is 0 Å². The SMILES string of the molecule is Cc1nnc(Nc2cccc(Cl)c2Br)c(C(N)=S)c1C. The summed E-state index contributed by atoms with van der Waals surface area (Å²) in [6, 6.07) is 5.50. The molecule has 0 aliphatic rings. The number of thiocarbonyl (C=S) groups is 1. The highest BCUT2D eigenvalue weighted by Crippen LogP contribution is 2.32. The van der Waals surface area contributed by atoms with Crippen LogP contribution in [0.4, 0.5) is 11.5 Å². The number of anilines is 2. The molecule has 2 aromatic rings. The zero-order valence-electron chi connectivity index (χ0n) is 10.9. The molecule has 0 saturated heterocycles. The molecule has 2 rings (SSSR count). The number of rotatable bonds is 3. The summed E-state index contributed by atoms with van der Waals surface area (Å²) in [6.45, 7) is 3.78. The zero-order valence-corrected chi connectivity index (χ0v) is 14.0. The number of hydrogen-bond acceptors (Lipinski definition) is 4. The van der Waals surface area contributed by atoms with E-state index in [4.69, 9.17) is 29.6 Å². The van der Waals surface area contributed by atoms with Gasteiger partial charge in [-0.3, -0.25) is 0 Å². The van der Waals surface area contributed by atoms with Gasteiger partial charge >= 0.3 is 0 Å². The van der Waals surface area contributed by atoms with Gasteiger partial charge in [0, 0.05) is 0 Å². The lowest BCUT2D eigenvalue weighted by atomic mass is 10.1. The van der Waals surface area contributed by atoms with E-state index in [-0.39, 0.29) is 4.99 Å². The normalized spacial score (nSPS) is 10.4. The van der Waals surface area contributed by atoms with Crippen LogP contribution in [-0.2, 0) is 0 Å². The third-order valence-electron chi connectivity index (χ3n) is 2.91. The first kappa shape index (κ1) is 15.2. The first-order chi connectivity index (χ1) is 9.41. The maximum absolute atomic E-state index is 6.07. The second-order valence-corrected chi connectivity index (χ2v) is 5.86. The first-order valence-electron chi connectivity index (χ1n) is 5.76. The molecule has 0 bridgehead atoms. The Morgan fingerprint density at radius 1 is 1.35 bits per heavy atom. The molecule has 1 aromatic heterocycles. The number of aromatic nitrogens is 2. The van der Waals surface area contributed by atoms with Crippen LogP contribution in [-0.4, -0.2) is 15.2 Å². The molecule has 0 fully saturated rings. The van der Waals surface area contributed by atoms with Gasteiger partial charge in [-0.1, -0.05) is 29.9 Å². The number of nitrogens with one attached hydrogen (secondary N) is 1. The summed E-state index contributed by atoms with van der Waals surface area (Å²) in [6.07, 6.45) is 0. The fraction of sp³-hybridized carbons (Fsp3) is 0.154. The minimum atomic E-state index is 0.279. The number of halogens is 2. The van der Waals surface area contributed by atoms with Crippen molar-refractivity contribution in [2.45, 2.75) is 13.8 Å². The van der Waals surface area contributed by atoms with Gasteiger partial charge in [0.1, 0.15) is 4.99 Å². The van der Waals surface area contributed by atoms with E-state index in [1.807, 2.05) is 26.0 Å². The van der Waals surface area contributed by atoms with Crippen molar-refractivity contribution in [3.63, 3.8) is 0 Å². The molecule has 0 atom stereocenters. The van der Waals surface area contributed by atoms with Gasteiger partial charge in [0.15, 0.2) is 5.82 Å². The van der Waals surface area contributed by atoms with E-state index in [9.17, 15) is 0 Å². The minimum Gasteiger partial charge on any atom is -0.389 e. The number of aryl methyl sites for hydroxylation is 1. The molecule has 7 heteroatoms. The average molecular weight is 372 g/mol. The van der Waals surface area contributed by atoms with E-state index < -0.39 is 0 Å². The standard InChI is InChI=1S/C13H12BrClN4S/c1-6-7(2)18-19-13(10(6)12(16)20)17-9-5-3-4-8(15)11(9)14/h3-5H,1-2H3,(H2,16,20)(H,17,19). The van der Waals surface area contributed by atoms with Crippen LogP contribution in [0.1, 0.15) is 16.8 Å². The third kappa shape index (κ3) is 2.92. The van der Waals surface area contributed by atoms with Crippen LogP contribution < -0.4 is 11.1 Å². The molecule has 0 radical (unpaired) electrons. The van der Waals surface area contributed by atoms with Gasteiger partial charge in [-0.05, 0) is 47.5 Å². The summed E-state index contributed by atoms with van der Waals surface area (Å²) in [5.41, 5.74) is 8.96. The summed E-state index contributed by atoms with van der Waals surface area (Å²) in [4.78, 5) is 0.279. The van der Waals surface area contributed by atoms with Crippen LogP contribution >= 0.6 is 39.7 Å². The van der Waals surface area contributed by atoms with Crippen molar-refractivity contribution in [1.82, 2.24) is 10.2 Å². The second kappa shape index (κ2) is 6.03. The smallest absolute Gasteiger partial charge is 0.163 e. The Morgan fingerprint density at radius 2 is 2.05 bits per heavy atom. The molecule has 0 aliphatic heterocycles. The molecular formula is C13H12BrClN4S. The topological polar surface area (TPSA) is 63.8 Å². The Kier molecular flexibility index (Phi) is 4.57. The summed E-state index contributed by atoms with van der Waals surface area (Å²) < 4.78 is 0.746. The molecule has 104 valence electrons. The van der Waals surface area contributed by atoms with Crippen molar-refractivity contribution in [2.75, 3.05) is 5.32 Å². The molecule has 4 nitrogen and oxygen atoms in total. The summed E-state index contributed by atoms with van der Waals surface area (Å²) >= 11 is 14.6. The van der Waals surface area contributed by atoms with E-state index in [0.29, 0.717) is 16.4 Å². The van der Waals surface area contributed by atoms with E-state index in [2.05, 4.69) is 31.4 Å². The van der Waals surface area contributed by atoms with Gasteiger partial charge in [0.2, 0.25) is 0 Å². The van der Waals surface area contributed by atoms with Gasteiger partial charge in [0.25, 0.3) is 0 Å². The minimum absolute atomic E-state index is 0.279. The molecule has 0 saturated carbocycles. The maximum Gasteiger partial charge on any atom is 0.163 e. The van der Waals surface area contributed by atoms with Crippen molar-refractivity contribution in [3.8, 4) is 0 Å². The highest BCUT2D eigenvalue weighted by Gasteiger charge is 2.15. The second-order valence-electron chi connectivity index (χ2n) is 4.22. The number of nitrogens with zero attached hydrogens (tertiary/aromatic N) is 2. The molecular weight excluding hydrogens is 360 g/mol. The molecule has 3 N–H and O–H groups in total. The molecule has 0 aliphatic carbocycles. The Balaban J connectivity index is 2.52. The van der Waals surface area contributed by atoms with Crippen LogP contribution in [0.25, 0.3) is 0 Å². The fourth-order valence-corrected chi connectivity index (χ4v) is 2.51. The van der Waals surface area contributed by atoms with Crippen molar-refractivity contribution < 1.29 is 0 Å². The molecule has 0 spiro atoms. The van der Waals surface area contributed by atoms with Gasteiger partial charge in [0.05, 0.1) is 26.4 Å². The largest absolute Gasteiger partial charge is 0.389 e. The summed E-state index contributed by atoms with van der Waals surface area (Å²) in [5.74, 6) is 0.517. The van der Waals surface area contributed by atoms with Crippen molar-refractivity contribution in [2.24, 2.45) is 5.73 Å². The number of hydrogen-bond donors (Lipinski definition) is 2. The van der Waals surface area contributed by atoms with Crippen molar-refractivity contribution in [1.29, 1.82) is 0 Å². The highest BCUT2D eigenvalue weighted by molar-refractivity contribution is 9.10. The molecule has 0 unspecified atom stereocenters. The lowest BCUT2D eigenvalue weighted by Gasteiger charge is -2.14. The lowest BCUT2D eigenvalue weighted by Crippen LogP contribution is -2.17. The van der Waals surface area contributed by atoms with Crippen molar-refractivity contribution >= 4 is 56.2 Å². The first-order valence-corrected chi connectivity index (χ1v) is 7.34. The molecule has 20 heavy (non-hydrogen) atoms. The number of nitrogens with two attached hydrogens (primary N) is 1. The van der Waals surface area contributed by atoms with E-state index >= 15 is 0 Å². The van der Waals surface area contributed by atoms with Gasteiger partial charge in [-0.25, -0.2) is 0 Å². The van der Waals surface area contributed by atoms with Gasteiger partial charge < -0.3 is 11.1 Å². The Bertz CT molecular complexity index is 690. The van der Waals surface area contributed by atoms with Crippen LogP contribution in [0.2, 0.25) is 5.02 Å². The third-order valence-corrected chi connectivity index (χ3v) is 4.51.